The van der Waals surface area contributed by atoms with Gasteiger partial charge in [-0.15, -0.1) is 0 Å². The molecule has 1 heterocycles. The fraction of sp³-hybridized carbons (Fsp3) is 0.500. The quantitative estimate of drug-likeness (QED) is 0.790. The van der Waals surface area contributed by atoms with Gasteiger partial charge in [0.2, 0.25) is 0 Å². The highest BCUT2D eigenvalue weighted by molar-refractivity contribution is 5.99. The van der Waals surface area contributed by atoms with E-state index in [9.17, 15) is 13.6 Å². The predicted molar refractivity (Wildman–Crippen MR) is 65.5 cm³/mol. The summed E-state index contributed by atoms with van der Waals surface area (Å²) in [5, 5.41) is 0. The fourth-order valence-electron chi connectivity index (χ4n) is 2.30. The molecule has 98 valence electrons. The lowest BCUT2D eigenvalue weighted by atomic mass is 9.97. The van der Waals surface area contributed by atoms with Gasteiger partial charge in [0.1, 0.15) is 11.6 Å². The summed E-state index contributed by atoms with van der Waals surface area (Å²) in [6, 6.07) is 1.09. The molecule has 0 radical (unpaired) electrons. The minimum absolute atomic E-state index is 0.0637. The molecule has 0 aliphatic carbocycles. The van der Waals surface area contributed by atoms with Crippen LogP contribution in [0.1, 0.15) is 55.1 Å². The van der Waals surface area contributed by atoms with Crippen molar-refractivity contribution in [1.29, 1.82) is 0 Å². The van der Waals surface area contributed by atoms with Crippen LogP contribution in [-0.2, 0) is 6.54 Å². The van der Waals surface area contributed by atoms with E-state index in [0.29, 0.717) is 5.56 Å². The van der Waals surface area contributed by atoms with Gasteiger partial charge in [0.25, 0.3) is 5.91 Å². The normalized spacial score (nSPS) is 14.9. The van der Waals surface area contributed by atoms with Crippen molar-refractivity contribution in [3.63, 3.8) is 0 Å². The van der Waals surface area contributed by atoms with Crippen LogP contribution in [0.2, 0.25) is 0 Å². The first-order chi connectivity index (χ1) is 8.34. The van der Waals surface area contributed by atoms with Crippen LogP contribution < -0.4 is 0 Å². The molecule has 0 aromatic heterocycles. The lowest BCUT2D eigenvalue weighted by Gasteiger charge is -2.19. The number of hydrogen-bond acceptors (Lipinski definition) is 1. The number of halogens is 2. The molecule has 0 fully saturated rings. The number of nitrogens with zero attached hydrogens (tertiary/aromatic N) is 1. The van der Waals surface area contributed by atoms with Crippen molar-refractivity contribution >= 4 is 5.91 Å². The molecule has 0 atom stereocenters. The lowest BCUT2D eigenvalue weighted by molar-refractivity contribution is 0.0727. The van der Waals surface area contributed by atoms with E-state index in [4.69, 9.17) is 0 Å². The van der Waals surface area contributed by atoms with Gasteiger partial charge in [-0.3, -0.25) is 4.79 Å². The van der Waals surface area contributed by atoms with Crippen LogP contribution in [-0.4, -0.2) is 16.8 Å². The van der Waals surface area contributed by atoms with Gasteiger partial charge >= 0.3 is 0 Å². The molecule has 0 saturated carbocycles. The maximum Gasteiger partial charge on any atom is 0.257 e. The molecule has 1 amide bonds. The molecule has 0 N–H and O–H groups in total. The zero-order valence-corrected chi connectivity index (χ0v) is 11.1. The van der Waals surface area contributed by atoms with E-state index in [1.807, 2.05) is 13.8 Å². The zero-order chi connectivity index (χ0) is 13.6. The number of carbonyl (C=O) groups is 1. The number of fused-ring (bicyclic) bond motifs is 1. The molecule has 0 unspecified atom stereocenters. The van der Waals surface area contributed by atoms with Crippen molar-refractivity contribution in [2.24, 2.45) is 0 Å². The maximum atomic E-state index is 14.3. The Kier molecular flexibility index (Phi) is 3.13. The summed E-state index contributed by atoms with van der Waals surface area (Å²) in [4.78, 5) is 13.5. The Morgan fingerprint density at radius 2 is 1.83 bits per heavy atom. The van der Waals surface area contributed by atoms with Crippen LogP contribution in [0.25, 0.3) is 0 Å². The van der Waals surface area contributed by atoms with Gasteiger partial charge in [0, 0.05) is 11.6 Å². The Hall–Kier alpha value is -1.45. The third-order valence-corrected chi connectivity index (χ3v) is 3.39. The molecular weight excluding hydrogens is 236 g/mol. The average molecular weight is 253 g/mol. The van der Waals surface area contributed by atoms with Gasteiger partial charge < -0.3 is 4.90 Å². The van der Waals surface area contributed by atoms with Crippen molar-refractivity contribution in [3.05, 3.63) is 34.4 Å². The van der Waals surface area contributed by atoms with Crippen LogP contribution in [0.4, 0.5) is 8.78 Å². The van der Waals surface area contributed by atoms with Gasteiger partial charge in [-0.1, -0.05) is 13.8 Å². The number of benzene rings is 1. The number of amides is 1. The topological polar surface area (TPSA) is 20.3 Å². The van der Waals surface area contributed by atoms with E-state index < -0.39 is 17.5 Å². The monoisotopic (exact) mass is 253 g/mol. The second kappa shape index (κ2) is 4.34. The molecular formula is C14H17F2NO. The van der Waals surface area contributed by atoms with E-state index in [2.05, 4.69) is 0 Å². The first-order valence-corrected chi connectivity index (χ1v) is 6.16. The molecule has 1 aliphatic rings. The molecule has 4 heteroatoms. The summed E-state index contributed by atoms with van der Waals surface area (Å²) in [7, 11) is 0. The lowest BCUT2D eigenvalue weighted by Crippen LogP contribution is -2.31. The highest BCUT2D eigenvalue weighted by atomic mass is 19.1. The molecule has 0 bridgehead atoms. The van der Waals surface area contributed by atoms with Crippen molar-refractivity contribution in [3.8, 4) is 0 Å². The Balaban J connectivity index is 2.59. The second-order valence-electron chi connectivity index (χ2n) is 5.30. The minimum Gasteiger partial charge on any atom is -0.332 e. The molecule has 0 spiro atoms. The van der Waals surface area contributed by atoms with Gasteiger partial charge in [0.05, 0.1) is 12.1 Å². The Labute approximate surface area is 106 Å². The van der Waals surface area contributed by atoms with Gasteiger partial charge in [-0.25, -0.2) is 8.78 Å². The smallest absolute Gasteiger partial charge is 0.257 e. The minimum atomic E-state index is -0.608. The zero-order valence-electron chi connectivity index (χ0n) is 11.1. The van der Waals surface area contributed by atoms with Gasteiger partial charge in [-0.2, -0.15) is 0 Å². The summed E-state index contributed by atoms with van der Waals surface area (Å²) in [5.41, 5.74) is 0.452. The number of hydrogen-bond donors (Lipinski definition) is 0. The molecule has 2 rings (SSSR count). The summed E-state index contributed by atoms with van der Waals surface area (Å²) >= 11 is 0. The van der Waals surface area contributed by atoms with E-state index in [1.165, 1.54) is 4.90 Å². The summed E-state index contributed by atoms with van der Waals surface area (Å²) in [6.07, 6.45) is 0. The number of carbonyl (C=O) groups excluding carboxylic acids is 1. The Morgan fingerprint density at radius 1 is 1.22 bits per heavy atom. The van der Waals surface area contributed by atoms with Crippen LogP contribution in [0.15, 0.2) is 6.07 Å². The number of rotatable bonds is 2. The highest BCUT2D eigenvalue weighted by Crippen LogP contribution is 2.33. The first-order valence-electron chi connectivity index (χ1n) is 6.16. The van der Waals surface area contributed by atoms with Crippen LogP contribution >= 0.6 is 0 Å². The van der Waals surface area contributed by atoms with Crippen LogP contribution in [0.3, 0.4) is 0 Å². The fourth-order valence-corrected chi connectivity index (χ4v) is 2.30. The van der Waals surface area contributed by atoms with Crippen molar-refractivity contribution < 1.29 is 13.6 Å². The summed E-state index contributed by atoms with van der Waals surface area (Å²) in [5.74, 6) is -1.55. The van der Waals surface area contributed by atoms with Crippen LogP contribution in [0.5, 0.6) is 0 Å². The molecule has 0 saturated heterocycles. The van der Waals surface area contributed by atoms with E-state index >= 15 is 0 Å². The van der Waals surface area contributed by atoms with E-state index in [0.717, 1.165) is 6.07 Å². The van der Waals surface area contributed by atoms with Crippen molar-refractivity contribution in [2.75, 3.05) is 0 Å². The maximum absolute atomic E-state index is 14.3. The predicted octanol–water partition coefficient (Wildman–Crippen LogP) is 3.45. The molecule has 1 aromatic carbocycles. The SMILES string of the molecule is CC(C)c1cc(F)c2c(c1F)CN(C(C)C)C2=O. The summed E-state index contributed by atoms with van der Waals surface area (Å²) < 4.78 is 28.2. The van der Waals surface area contributed by atoms with Crippen molar-refractivity contribution in [2.45, 2.75) is 46.2 Å². The van der Waals surface area contributed by atoms with E-state index in [-0.39, 0.29) is 29.6 Å². The Morgan fingerprint density at radius 3 is 2.33 bits per heavy atom. The van der Waals surface area contributed by atoms with Crippen LogP contribution in [0, 0.1) is 11.6 Å². The third-order valence-electron chi connectivity index (χ3n) is 3.39. The van der Waals surface area contributed by atoms with Crippen molar-refractivity contribution in [1.82, 2.24) is 4.90 Å². The Bertz CT molecular complexity index is 509. The molecule has 2 nitrogen and oxygen atoms in total. The standard InChI is InChI=1S/C14H17F2NO/c1-7(2)9-5-11(15)12-10(13(9)16)6-17(8(3)4)14(12)18/h5,7-8H,6H2,1-4H3. The van der Waals surface area contributed by atoms with Gasteiger partial charge in [-0.05, 0) is 31.4 Å². The highest BCUT2D eigenvalue weighted by Gasteiger charge is 2.35. The van der Waals surface area contributed by atoms with Gasteiger partial charge in [0.15, 0.2) is 0 Å². The molecule has 1 aromatic rings. The molecule has 1 aliphatic heterocycles. The largest absolute Gasteiger partial charge is 0.332 e. The summed E-state index contributed by atoms with van der Waals surface area (Å²) in [6.45, 7) is 7.45. The average Bonchev–Trinajstić information content (AvgIpc) is 2.62. The molecule has 18 heavy (non-hydrogen) atoms. The van der Waals surface area contributed by atoms with E-state index in [1.54, 1.807) is 13.8 Å². The second-order valence-corrected chi connectivity index (χ2v) is 5.30. The third kappa shape index (κ3) is 1.80. The first kappa shape index (κ1) is 13.0.